The van der Waals surface area contributed by atoms with Crippen LogP contribution in [0.3, 0.4) is 0 Å². The Balaban J connectivity index is 2.53. The molecule has 1 nitrogen and oxygen atoms in total. The lowest BCUT2D eigenvalue weighted by atomic mass is 9.39. The van der Waals surface area contributed by atoms with Gasteiger partial charge in [0.1, 0.15) is 0 Å². The van der Waals surface area contributed by atoms with E-state index in [0.29, 0.717) is 18.4 Å². The minimum Gasteiger partial charge on any atom is -0.365 e. The number of hydrogen-bond acceptors (Lipinski definition) is 1. The molecule has 41 heavy (non-hydrogen) atoms. The average molecular weight is 591 g/mol. The highest BCUT2D eigenvalue weighted by atomic mass is 19.2. The van der Waals surface area contributed by atoms with Crippen LogP contribution in [0, 0.1) is 58.2 Å². The molecule has 12 heteroatoms. The average Bonchev–Trinajstić information content (AvgIpc) is 2.87. The van der Waals surface area contributed by atoms with Gasteiger partial charge in [0.05, 0.1) is 0 Å². The lowest BCUT2D eigenvalue weighted by molar-refractivity contribution is 0.00445. The van der Waals surface area contributed by atoms with E-state index in [-0.39, 0.29) is 12.1 Å². The van der Waals surface area contributed by atoms with Gasteiger partial charge >= 0.3 is 0 Å². The number of rotatable bonds is 7. The van der Waals surface area contributed by atoms with E-state index >= 15 is 17.6 Å². The summed E-state index contributed by atoms with van der Waals surface area (Å²) in [5.74, 6) is -24.0. The predicted molar refractivity (Wildman–Crippen MR) is 138 cm³/mol. The van der Waals surface area contributed by atoms with Crippen molar-refractivity contribution >= 4 is 17.6 Å². The molecule has 0 amide bonds. The number of halogens is 10. The van der Waals surface area contributed by atoms with Gasteiger partial charge in [0.15, 0.2) is 58.2 Å². The Morgan fingerprint density at radius 3 is 1.37 bits per heavy atom. The number of piperidine rings is 1. The second-order valence-corrected chi connectivity index (χ2v) is 11.4. The van der Waals surface area contributed by atoms with Crippen LogP contribution in [0.1, 0.15) is 60.3 Å². The summed E-state index contributed by atoms with van der Waals surface area (Å²) in [6.45, 7) is 10.0. The maximum Gasteiger partial charge on any atom is 0.251 e. The summed E-state index contributed by atoms with van der Waals surface area (Å²) < 4.78 is 146. The van der Waals surface area contributed by atoms with Gasteiger partial charge in [-0.25, -0.2) is 43.9 Å². The zero-order chi connectivity index (χ0) is 31.2. The van der Waals surface area contributed by atoms with E-state index in [1.165, 1.54) is 0 Å². The minimum atomic E-state index is -2.62. The molecule has 2 aromatic carbocycles. The first kappa shape index (κ1) is 32.3. The molecule has 3 rings (SSSR count). The number of nitrogens with zero attached hydrogens (tertiary/aromatic N) is 1. The van der Waals surface area contributed by atoms with Crippen molar-refractivity contribution in [3.05, 3.63) is 94.1 Å². The Labute approximate surface area is 232 Å². The summed E-state index contributed by atoms with van der Waals surface area (Å²) >= 11 is 0. The van der Waals surface area contributed by atoms with Crippen molar-refractivity contribution in [3.8, 4) is 0 Å². The molecule has 0 N–H and O–H groups in total. The molecule has 222 valence electrons. The Kier molecular flexibility index (Phi) is 9.15. The summed E-state index contributed by atoms with van der Waals surface area (Å²) in [6, 6.07) is 0. The molecule has 1 aliphatic rings. The zero-order valence-electron chi connectivity index (χ0n) is 23.1. The van der Waals surface area contributed by atoms with Crippen LogP contribution in [-0.4, -0.2) is 22.7 Å². The van der Waals surface area contributed by atoms with E-state index in [9.17, 15) is 26.3 Å². The van der Waals surface area contributed by atoms with Crippen LogP contribution < -0.4 is 10.9 Å². The number of likely N-dealkylation sites (tertiary alicyclic amines) is 1. The maximum atomic E-state index is 15.1. The Morgan fingerprint density at radius 2 is 1.02 bits per heavy atom. The predicted octanol–water partition coefficient (Wildman–Crippen LogP) is 7.68. The molecule has 0 unspecified atom stereocenters. The third-order valence-electron chi connectivity index (χ3n) is 7.27. The highest BCUT2D eigenvalue weighted by molar-refractivity contribution is 6.89. The van der Waals surface area contributed by atoms with E-state index in [0.717, 1.165) is 12.4 Å². The smallest absolute Gasteiger partial charge is 0.251 e. The SMILES string of the molecule is C=C(C)/C=C/C/C(=C\B(c1c(F)c(F)c(F)c(F)c1F)c1c(F)c(F)c(F)c(F)c1F)N1C(C)(C)CCCC1(C)C. The van der Waals surface area contributed by atoms with Crippen molar-refractivity contribution in [2.24, 2.45) is 0 Å². The van der Waals surface area contributed by atoms with Crippen LogP contribution in [-0.2, 0) is 0 Å². The molecule has 0 radical (unpaired) electrons. The first-order chi connectivity index (χ1) is 18.8. The molecule has 2 aromatic rings. The van der Waals surface area contributed by atoms with Crippen molar-refractivity contribution in [1.29, 1.82) is 0 Å². The first-order valence-electron chi connectivity index (χ1n) is 12.7. The molecule has 0 aromatic heterocycles. The molecule has 1 aliphatic heterocycles. The van der Waals surface area contributed by atoms with E-state index in [4.69, 9.17) is 0 Å². The molecule has 0 spiro atoms. The Hall–Kier alpha value is -3.18. The third-order valence-corrected chi connectivity index (χ3v) is 7.27. The second kappa shape index (κ2) is 11.6. The molecule has 0 atom stereocenters. The minimum absolute atomic E-state index is 0.0927. The molecule has 1 heterocycles. The van der Waals surface area contributed by atoms with Crippen molar-refractivity contribution in [2.45, 2.75) is 71.4 Å². The largest absolute Gasteiger partial charge is 0.365 e. The first-order valence-corrected chi connectivity index (χ1v) is 12.7. The Bertz CT molecular complexity index is 1300. The van der Waals surface area contributed by atoms with Crippen LogP contribution in [0.15, 0.2) is 36.0 Å². The number of benzene rings is 2. The number of allylic oxidation sites excluding steroid dienone is 3. The van der Waals surface area contributed by atoms with E-state index in [1.54, 1.807) is 24.0 Å². The summed E-state index contributed by atoms with van der Waals surface area (Å²) in [6.07, 6.45) is 4.90. The summed E-state index contributed by atoms with van der Waals surface area (Å²) in [5.41, 5.74) is -4.27. The van der Waals surface area contributed by atoms with Gasteiger partial charge in [-0.2, -0.15) is 0 Å². The molecular weight excluding hydrogens is 563 g/mol. The van der Waals surface area contributed by atoms with Crippen LogP contribution in [0.2, 0.25) is 0 Å². The number of hydrogen-bond donors (Lipinski definition) is 0. The normalized spacial score (nSPS) is 17.0. The van der Waals surface area contributed by atoms with E-state index in [1.807, 2.05) is 27.7 Å². The van der Waals surface area contributed by atoms with Gasteiger partial charge in [-0.1, -0.05) is 30.3 Å². The molecule has 0 saturated carbocycles. The third kappa shape index (κ3) is 5.92. The zero-order valence-corrected chi connectivity index (χ0v) is 23.1. The van der Waals surface area contributed by atoms with Crippen molar-refractivity contribution < 1.29 is 43.9 Å². The maximum absolute atomic E-state index is 15.1. The van der Waals surface area contributed by atoms with Crippen LogP contribution >= 0.6 is 0 Å². The highest BCUT2D eigenvalue weighted by Gasteiger charge is 2.44. The molecule has 0 aliphatic carbocycles. The molecule has 1 fully saturated rings. The van der Waals surface area contributed by atoms with Crippen LogP contribution in [0.25, 0.3) is 0 Å². The van der Waals surface area contributed by atoms with Crippen molar-refractivity contribution in [3.63, 3.8) is 0 Å². The summed E-state index contributed by atoms with van der Waals surface area (Å²) in [5, 5.41) is 0. The van der Waals surface area contributed by atoms with Gasteiger partial charge in [-0.05, 0) is 53.9 Å². The van der Waals surface area contributed by atoms with E-state index < -0.39 is 86.9 Å². The van der Waals surface area contributed by atoms with Crippen LogP contribution in [0.4, 0.5) is 43.9 Å². The van der Waals surface area contributed by atoms with Gasteiger partial charge < -0.3 is 4.90 Å². The molecule has 1 saturated heterocycles. The van der Waals surface area contributed by atoms with Crippen molar-refractivity contribution in [2.75, 3.05) is 0 Å². The fourth-order valence-electron chi connectivity index (χ4n) is 5.68. The van der Waals surface area contributed by atoms with Gasteiger partial charge in [-0.15, -0.1) is 0 Å². The summed E-state index contributed by atoms with van der Waals surface area (Å²) in [4.78, 5) is 1.78. The fourth-order valence-corrected chi connectivity index (χ4v) is 5.68. The van der Waals surface area contributed by atoms with Gasteiger partial charge in [-0.3, -0.25) is 0 Å². The second-order valence-electron chi connectivity index (χ2n) is 11.4. The molecule has 0 bridgehead atoms. The quantitative estimate of drug-likeness (QED) is 0.105. The van der Waals surface area contributed by atoms with Crippen LogP contribution in [0.5, 0.6) is 0 Å². The van der Waals surface area contributed by atoms with E-state index in [2.05, 4.69) is 6.58 Å². The lowest BCUT2D eigenvalue weighted by Gasteiger charge is -2.55. The monoisotopic (exact) mass is 591 g/mol. The van der Waals surface area contributed by atoms with Gasteiger partial charge in [0.2, 0.25) is 0 Å². The summed E-state index contributed by atoms with van der Waals surface area (Å²) in [7, 11) is 0. The fraction of sp³-hybridized carbons (Fsp3) is 0.379. The highest BCUT2D eigenvalue weighted by Crippen LogP contribution is 2.42. The Morgan fingerprint density at radius 1 is 0.683 bits per heavy atom. The lowest BCUT2D eigenvalue weighted by Crippen LogP contribution is -2.58. The topological polar surface area (TPSA) is 3.24 Å². The van der Waals surface area contributed by atoms with Gasteiger partial charge in [0, 0.05) is 34.1 Å². The standard InChI is InChI=1S/C29H28BF10N/c1-14(2)9-7-10-15(41-28(3,4)11-8-12-29(41,5)6)13-30(16-18(31)22(35)26(39)23(36)19(16)32)17-20(33)24(37)27(40)25(38)21(17)34/h7,9,13H,1,8,10-12H2,2-6H3/b9-7+,15-13+. The van der Waals surface area contributed by atoms with Crippen molar-refractivity contribution in [1.82, 2.24) is 4.90 Å². The molecular formula is C29H28BF10N. The van der Waals surface area contributed by atoms with Gasteiger partial charge in [0.25, 0.3) is 6.71 Å².